The monoisotopic (exact) mass is 277 g/mol. The van der Waals surface area contributed by atoms with Crippen molar-refractivity contribution in [1.82, 2.24) is 10.6 Å². The molecule has 0 aromatic rings. The molecule has 0 aromatic carbocycles. The number of nitrogens with one attached hydrogen (secondary N) is 2. The Kier molecular flexibility index (Phi) is 6.42. The van der Waals surface area contributed by atoms with Gasteiger partial charge in [0.25, 0.3) is 0 Å². The quantitative estimate of drug-likeness (QED) is 0.516. The summed E-state index contributed by atoms with van der Waals surface area (Å²) in [6.07, 6.45) is -4.25. The third-order valence-electron chi connectivity index (χ3n) is 1.54. The molecule has 0 aliphatic carbocycles. The van der Waals surface area contributed by atoms with Crippen molar-refractivity contribution in [1.29, 1.82) is 0 Å². The summed E-state index contributed by atoms with van der Waals surface area (Å²) in [5, 5.41) is 8.86. The lowest BCUT2D eigenvalue weighted by molar-refractivity contribution is -0.128. The van der Waals surface area contributed by atoms with Crippen molar-refractivity contribution in [3.8, 4) is 0 Å². The van der Waals surface area contributed by atoms with E-state index in [1.807, 2.05) is 5.32 Å². The van der Waals surface area contributed by atoms with Crippen LogP contribution < -0.4 is 15.8 Å². The highest BCUT2D eigenvalue weighted by Gasteiger charge is 2.26. The van der Waals surface area contributed by atoms with Crippen LogP contribution in [0, 0.1) is 0 Å². The van der Waals surface area contributed by atoms with Crippen LogP contribution in [0.15, 0.2) is 0 Å². The van der Waals surface area contributed by atoms with Crippen LogP contribution in [0.5, 0.6) is 0 Å². The fourth-order valence-electron chi connectivity index (χ4n) is 0.881. The predicted molar refractivity (Wildman–Crippen MR) is 54.5 cm³/mol. The van der Waals surface area contributed by atoms with Crippen molar-refractivity contribution < 1.29 is 26.4 Å². The molecule has 0 unspecified atom stereocenters. The zero-order valence-corrected chi connectivity index (χ0v) is 9.70. The van der Waals surface area contributed by atoms with Crippen LogP contribution in [0.25, 0.3) is 0 Å². The molecule has 0 fully saturated rings. The maximum absolute atomic E-state index is 11.7. The van der Waals surface area contributed by atoms with E-state index < -0.39 is 35.2 Å². The zero-order valence-electron chi connectivity index (χ0n) is 8.88. The molecule has 0 atom stereocenters. The van der Waals surface area contributed by atoms with E-state index in [4.69, 9.17) is 5.14 Å². The number of hydrogen-bond acceptors (Lipinski definition) is 4. The molecule has 0 saturated heterocycles. The van der Waals surface area contributed by atoms with Gasteiger partial charge < -0.3 is 10.6 Å². The molecule has 102 valence electrons. The normalized spacial score (nSPS) is 12.5. The number of carbonyl (C=O) groups is 1. The summed E-state index contributed by atoms with van der Waals surface area (Å²) in [6.45, 7) is -1.69. The maximum atomic E-state index is 11.7. The highest BCUT2D eigenvalue weighted by atomic mass is 32.2. The number of nitrogens with two attached hydrogens (primary N) is 1. The van der Waals surface area contributed by atoms with Gasteiger partial charge in [0.15, 0.2) is 0 Å². The SMILES string of the molecule is NS(=O)(=O)CCCNC(=O)CNCC(F)(F)F. The van der Waals surface area contributed by atoms with Crippen LogP contribution in [-0.2, 0) is 14.8 Å². The predicted octanol–water partition coefficient (Wildman–Crippen LogP) is -1.07. The first-order valence-electron chi connectivity index (χ1n) is 4.65. The first kappa shape index (κ1) is 16.1. The summed E-state index contributed by atoms with van der Waals surface area (Å²) < 4.78 is 56.0. The van der Waals surface area contributed by atoms with Gasteiger partial charge in [-0.25, -0.2) is 13.6 Å². The molecule has 0 rings (SSSR count). The molecule has 10 heteroatoms. The van der Waals surface area contributed by atoms with E-state index in [0.717, 1.165) is 0 Å². The van der Waals surface area contributed by atoms with Crippen molar-refractivity contribution in [2.45, 2.75) is 12.6 Å². The Hall–Kier alpha value is -0.870. The summed E-state index contributed by atoms with van der Waals surface area (Å²) in [6, 6.07) is 0. The van der Waals surface area contributed by atoms with E-state index in [-0.39, 0.29) is 18.7 Å². The van der Waals surface area contributed by atoms with E-state index in [0.29, 0.717) is 0 Å². The molecule has 17 heavy (non-hydrogen) atoms. The molecule has 0 heterocycles. The second kappa shape index (κ2) is 6.77. The second-order valence-electron chi connectivity index (χ2n) is 3.29. The van der Waals surface area contributed by atoms with Gasteiger partial charge in [-0.05, 0) is 6.42 Å². The molecule has 0 aliphatic rings. The third kappa shape index (κ3) is 13.1. The number of primary sulfonamides is 1. The maximum Gasteiger partial charge on any atom is 0.401 e. The molecule has 0 aliphatic heterocycles. The van der Waals surface area contributed by atoms with Crippen molar-refractivity contribution in [3.63, 3.8) is 0 Å². The van der Waals surface area contributed by atoms with Gasteiger partial charge in [0, 0.05) is 6.54 Å². The number of amides is 1. The lowest BCUT2D eigenvalue weighted by atomic mass is 10.4. The molecule has 0 aromatic heterocycles. The Morgan fingerprint density at radius 2 is 1.88 bits per heavy atom. The van der Waals surface area contributed by atoms with Crippen LogP contribution in [-0.4, -0.2) is 45.9 Å². The average Bonchev–Trinajstić information content (AvgIpc) is 2.09. The van der Waals surface area contributed by atoms with E-state index in [9.17, 15) is 26.4 Å². The van der Waals surface area contributed by atoms with Crippen LogP contribution in [0.2, 0.25) is 0 Å². The summed E-state index contributed by atoms with van der Waals surface area (Å²) in [5.74, 6) is -0.924. The Morgan fingerprint density at radius 1 is 1.29 bits per heavy atom. The number of carbonyl (C=O) groups excluding carboxylic acids is 1. The molecular formula is C7H14F3N3O3S. The van der Waals surface area contributed by atoms with Gasteiger partial charge in [-0.15, -0.1) is 0 Å². The number of alkyl halides is 3. The molecule has 0 saturated carbocycles. The third-order valence-corrected chi connectivity index (χ3v) is 2.40. The largest absolute Gasteiger partial charge is 0.401 e. The second-order valence-corrected chi connectivity index (χ2v) is 5.02. The van der Waals surface area contributed by atoms with Crippen LogP contribution in [0.4, 0.5) is 13.2 Å². The van der Waals surface area contributed by atoms with Crippen molar-refractivity contribution in [2.24, 2.45) is 5.14 Å². The Balaban J connectivity index is 3.55. The topological polar surface area (TPSA) is 101 Å². The first-order valence-corrected chi connectivity index (χ1v) is 6.36. The summed E-state index contributed by atoms with van der Waals surface area (Å²) >= 11 is 0. The van der Waals surface area contributed by atoms with Crippen LogP contribution in [0.1, 0.15) is 6.42 Å². The molecule has 0 spiro atoms. The minimum absolute atomic E-state index is 0.0446. The Morgan fingerprint density at radius 3 is 2.35 bits per heavy atom. The number of hydrogen-bond donors (Lipinski definition) is 3. The molecule has 0 radical (unpaired) electrons. The lowest BCUT2D eigenvalue weighted by Gasteiger charge is -2.08. The van der Waals surface area contributed by atoms with Crippen molar-refractivity contribution >= 4 is 15.9 Å². The highest BCUT2D eigenvalue weighted by Crippen LogP contribution is 2.11. The van der Waals surface area contributed by atoms with Gasteiger partial charge in [0.05, 0.1) is 18.8 Å². The zero-order chi connectivity index (χ0) is 13.5. The van der Waals surface area contributed by atoms with Gasteiger partial charge in [-0.3, -0.25) is 4.79 Å². The van der Waals surface area contributed by atoms with Crippen molar-refractivity contribution in [3.05, 3.63) is 0 Å². The fourth-order valence-corrected chi connectivity index (χ4v) is 1.43. The van der Waals surface area contributed by atoms with Crippen LogP contribution in [0.3, 0.4) is 0 Å². The van der Waals surface area contributed by atoms with Gasteiger partial charge in [-0.2, -0.15) is 13.2 Å². The lowest BCUT2D eigenvalue weighted by Crippen LogP contribution is -2.38. The van der Waals surface area contributed by atoms with E-state index >= 15 is 0 Å². The molecule has 0 bridgehead atoms. The minimum Gasteiger partial charge on any atom is -0.355 e. The summed E-state index contributed by atoms with van der Waals surface area (Å²) in [4.78, 5) is 10.9. The number of rotatable bonds is 7. The van der Waals surface area contributed by atoms with Crippen molar-refractivity contribution in [2.75, 3.05) is 25.4 Å². The minimum atomic E-state index is -4.37. The van der Waals surface area contributed by atoms with Crippen LogP contribution >= 0.6 is 0 Å². The van der Waals surface area contributed by atoms with Gasteiger partial charge in [0.1, 0.15) is 0 Å². The standard InChI is InChI=1S/C7H14F3N3O3S/c8-7(9,10)5-12-4-6(14)13-2-1-3-17(11,15)16/h12H,1-5H2,(H,13,14)(H2,11,15,16). The first-order chi connectivity index (χ1) is 7.60. The van der Waals surface area contributed by atoms with Gasteiger partial charge >= 0.3 is 6.18 Å². The Bertz CT molecular complexity index is 342. The highest BCUT2D eigenvalue weighted by molar-refractivity contribution is 7.89. The summed E-state index contributed by atoms with van der Waals surface area (Å²) in [5.41, 5.74) is 0. The van der Waals surface area contributed by atoms with E-state index in [1.54, 1.807) is 0 Å². The molecule has 6 nitrogen and oxygen atoms in total. The average molecular weight is 277 g/mol. The summed E-state index contributed by atoms with van der Waals surface area (Å²) in [7, 11) is -3.57. The van der Waals surface area contributed by atoms with E-state index in [2.05, 4.69) is 5.32 Å². The Labute approximate surface area is 96.8 Å². The number of sulfonamides is 1. The number of halogens is 3. The van der Waals surface area contributed by atoms with Gasteiger partial charge in [0.2, 0.25) is 15.9 Å². The fraction of sp³-hybridized carbons (Fsp3) is 0.857. The van der Waals surface area contributed by atoms with Gasteiger partial charge in [-0.1, -0.05) is 0 Å². The van der Waals surface area contributed by atoms with E-state index in [1.165, 1.54) is 0 Å². The smallest absolute Gasteiger partial charge is 0.355 e. The molecule has 1 amide bonds. The molecule has 4 N–H and O–H groups in total. The molecular weight excluding hydrogens is 263 g/mol.